The average Bonchev–Trinajstić information content (AvgIpc) is 3.23. The highest BCUT2D eigenvalue weighted by molar-refractivity contribution is 6.23. The molecule has 1 aromatic carbocycles. The lowest BCUT2D eigenvalue weighted by Crippen LogP contribution is -2.54. The number of carbonyl (C=O) groups excluding carboxylic acids is 4. The fourth-order valence-corrected chi connectivity index (χ4v) is 6.23. The number of fused-ring (bicyclic) bond motifs is 1. The van der Waals surface area contributed by atoms with Crippen molar-refractivity contribution in [3.63, 3.8) is 0 Å². The van der Waals surface area contributed by atoms with E-state index < -0.39 is 34.6 Å². The molecule has 41 heavy (non-hydrogen) atoms. The zero-order valence-electron chi connectivity index (χ0n) is 22.5. The SMILES string of the molecule is O=C1CCC(N2C(=O)c3ccc(N4CCN(CC5CCN(c6ccc([N+](=O)[O-])cn6)CC5)CC4)cc3C2=O)C(=O)N1. The monoisotopic (exact) mass is 561 g/mol. The summed E-state index contributed by atoms with van der Waals surface area (Å²) in [6.07, 6.45) is 3.60. The fraction of sp³-hybridized carbons (Fsp3) is 0.464. The molecule has 3 saturated heterocycles. The summed E-state index contributed by atoms with van der Waals surface area (Å²) in [4.78, 5) is 72.5. The van der Waals surface area contributed by atoms with Crippen molar-refractivity contribution in [2.45, 2.75) is 31.7 Å². The summed E-state index contributed by atoms with van der Waals surface area (Å²) in [7, 11) is 0. The van der Waals surface area contributed by atoms with E-state index in [4.69, 9.17) is 0 Å². The topological polar surface area (TPSA) is 149 Å². The molecule has 0 aliphatic carbocycles. The van der Waals surface area contributed by atoms with Crippen LogP contribution < -0.4 is 15.1 Å². The van der Waals surface area contributed by atoms with Crippen LogP contribution in [-0.4, -0.2) is 95.2 Å². The molecule has 1 unspecified atom stereocenters. The van der Waals surface area contributed by atoms with Gasteiger partial charge >= 0.3 is 0 Å². The van der Waals surface area contributed by atoms with Crippen molar-refractivity contribution in [2.24, 2.45) is 5.92 Å². The molecular formula is C28H31N7O6. The van der Waals surface area contributed by atoms with Crippen LogP contribution in [0.15, 0.2) is 36.5 Å². The van der Waals surface area contributed by atoms with Gasteiger partial charge in [-0.15, -0.1) is 0 Å². The van der Waals surface area contributed by atoms with E-state index in [0.29, 0.717) is 11.5 Å². The zero-order valence-corrected chi connectivity index (χ0v) is 22.5. The molecule has 2 aromatic rings. The maximum Gasteiger partial charge on any atom is 0.287 e. The molecule has 0 bridgehead atoms. The van der Waals surface area contributed by atoms with Gasteiger partial charge in [-0.1, -0.05) is 0 Å². The summed E-state index contributed by atoms with van der Waals surface area (Å²) < 4.78 is 0. The minimum atomic E-state index is -0.968. The van der Waals surface area contributed by atoms with Crippen molar-refractivity contribution in [1.29, 1.82) is 0 Å². The number of benzene rings is 1. The molecule has 13 heteroatoms. The third kappa shape index (κ3) is 5.24. The molecule has 1 N–H and O–H groups in total. The quantitative estimate of drug-likeness (QED) is 0.312. The van der Waals surface area contributed by atoms with E-state index in [1.165, 1.54) is 12.3 Å². The maximum atomic E-state index is 13.2. The van der Waals surface area contributed by atoms with Crippen LogP contribution in [0, 0.1) is 16.0 Å². The molecule has 4 aliphatic rings. The first kappa shape index (κ1) is 26.8. The Labute approximate surface area is 236 Å². The van der Waals surface area contributed by atoms with Crippen LogP contribution in [0.3, 0.4) is 0 Å². The number of imide groups is 2. The Kier molecular flexibility index (Phi) is 7.12. The van der Waals surface area contributed by atoms with Gasteiger partial charge in [0.05, 0.1) is 16.1 Å². The Balaban J connectivity index is 1.01. The van der Waals surface area contributed by atoms with Gasteiger partial charge in [-0.3, -0.25) is 44.4 Å². The Morgan fingerprint density at radius 1 is 0.878 bits per heavy atom. The maximum absolute atomic E-state index is 13.2. The summed E-state index contributed by atoms with van der Waals surface area (Å²) in [6.45, 7) is 6.10. The van der Waals surface area contributed by atoms with Crippen LogP contribution in [0.4, 0.5) is 17.2 Å². The van der Waals surface area contributed by atoms with Crippen LogP contribution in [-0.2, 0) is 9.59 Å². The van der Waals surface area contributed by atoms with Crippen molar-refractivity contribution in [3.8, 4) is 0 Å². The minimum Gasteiger partial charge on any atom is -0.369 e. The van der Waals surface area contributed by atoms with Crippen LogP contribution in [0.1, 0.15) is 46.4 Å². The van der Waals surface area contributed by atoms with Gasteiger partial charge in [-0.25, -0.2) is 4.98 Å². The molecule has 1 aromatic heterocycles. The molecule has 3 fully saturated rings. The molecule has 4 amide bonds. The summed E-state index contributed by atoms with van der Waals surface area (Å²) in [5.74, 6) is -0.647. The Morgan fingerprint density at radius 3 is 2.27 bits per heavy atom. The van der Waals surface area contributed by atoms with Crippen molar-refractivity contribution in [3.05, 3.63) is 57.8 Å². The van der Waals surface area contributed by atoms with E-state index in [-0.39, 0.29) is 24.1 Å². The summed E-state index contributed by atoms with van der Waals surface area (Å²) >= 11 is 0. The second-order valence-corrected chi connectivity index (χ2v) is 11.0. The standard InChI is InChI=1S/C28H31N7O6/c36-25-6-4-23(26(37)30-25)34-27(38)21-3-1-19(15-22(21)28(34)39)32-13-11-31(12-14-32)17-18-7-9-33(10-8-18)24-5-2-20(16-29-24)35(40)41/h1-3,5,15-16,18,23H,4,6-14,17H2,(H,30,36,37). The van der Waals surface area contributed by atoms with Crippen LogP contribution >= 0.6 is 0 Å². The van der Waals surface area contributed by atoms with E-state index in [2.05, 4.69) is 25.0 Å². The highest BCUT2D eigenvalue weighted by Crippen LogP contribution is 2.31. The lowest BCUT2D eigenvalue weighted by atomic mass is 9.96. The lowest BCUT2D eigenvalue weighted by Gasteiger charge is -2.40. The first-order chi connectivity index (χ1) is 19.8. The number of amides is 4. The van der Waals surface area contributed by atoms with Crippen molar-refractivity contribution in [2.75, 3.05) is 55.6 Å². The van der Waals surface area contributed by atoms with Gasteiger partial charge in [-0.05, 0) is 49.4 Å². The number of hydrogen-bond donors (Lipinski definition) is 1. The molecule has 13 nitrogen and oxygen atoms in total. The molecule has 0 spiro atoms. The first-order valence-electron chi connectivity index (χ1n) is 14.0. The molecule has 0 radical (unpaired) electrons. The third-order valence-corrected chi connectivity index (χ3v) is 8.56. The smallest absolute Gasteiger partial charge is 0.287 e. The first-order valence-corrected chi connectivity index (χ1v) is 14.0. The van der Waals surface area contributed by atoms with Gasteiger partial charge in [0.15, 0.2) is 0 Å². The van der Waals surface area contributed by atoms with E-state index in [1.807, 2.05) is 6.07 Å². The highest BCUT2D eigenvalue weighted by Gasteiger charge is 2.44. The molecule has 1 atom stereocenters. The molecule has 0 saturated carbocycles. The number of nitrogens with zero attached hydrogens (tertiary/aromatic N) is 6. The Morgan fingerprint density at radius 2 is 1.61 bits per heavy atom. The van der Waals surface area contributed by atoms with Crippen LogP contribution in [0.5, 0.6) is 0 Å². The Bertz CT molecular complexity index is 1400. The van der Waals surface area contributed by atoms with Gasteiger partial charge in [0, 0.05) is 64.0 Å². The highest BCUT2D eigenvalue weighted by atomic mass is 16.6. The number of nitrogens with one attached hydrogen (secondary N) is 1. The summed E-state index contributed by atoms with van der Waals surface area (Å²) in [6, 6.07) is 7.51. The largest absolute Gasteiger partial charge is 0.369 e. The van der Waals surface area contributed by atoms with Gasteiger partial charge < -0.3 is 9.80 Å². The van der Waals surface area contributed by atoms with Gasteiger partial charge in [0.25, 0.3) is 17.5 Å². The number of carbonyl (C=O) groups is 4. The summed E-state index contributed by atoms with van der Waals surface area (Å²) in [5.41, 5.74) is 1.46. The second kappa shape index (κ2) is 10.9. The van der Waals surface area contributed by atoms with Gasteiger partial charge in [0.1, 0.15) is 18.1 Å². The number of hydrogen-bond acceptors (Lipinski definition) is 10. The van der Waals surface area contributed by atoms with Gasteiger partial charge in [-0.2, -0.15) is 0 Å². The minimum absolute atomic E-state index is 0.00282. The molecule has 214 valence electrons. The van der Waals surface area contributed by atoms with Gasteiger partial charge in [0.2, 0.25) is 11.8 Å². The van der Waals surface area contributed by atoms with Crippen molar-refractivity contribution >= 4 is 40.8 Å². The van der Waals surface area contributed by atoms with E-state index in [9.17, 15) is 29.3 Å². The number of aromatic nitrogens is 1. The van der Waals surface area contributed by atoms with Crippen LogP contribution in [0.2, 0.25) is 0 Å². The van der Waals surface area contributed by atoms with E-state index in [1.54, 1.807) is 18.2 Å². The van der Waals surface area contributed by atoms with Crippen molar-refractivity contribution < 1.29 is 24.1 Å². The second-order valence-electron chi connectivity index (χ2n) is 11.0. The lowest BCUT2D eigenvalue weighted by molar-refractivity contribution is -0.385. The summed E-state index contributed by atoms with van der Waals surface area (Å²) in [5, 5.41) is 13.1. The van der Waals surface area contributed by atoms with Crippen molar-refractivity contribution in [1.82, 2.24) is 20.1 Å². The van der Waals surface area contributed by atoms with E-state index >= 15 is 0 Å². The average molecular weight is 562 g/mol. The molecular weight excluding hydrogens is 530 g/mol. The molecule has 6 rings (SSSR count). The molecule has 5 heterocycles. The number of nitro groups is 1. The van der Waals surface area contributed by atoms with Crippen LogP contribution in [0.25, 0.3) is 0 Å². The predicted molar refractivity (Wildman–Crippen MR) is 148 cm³/mol. The number of anilines is 2. The number of piperazine rings is 1. The third-order valence-electron chi connectivity index (χ3n) is 8.56. The fourth-order valence-electron chi connectivity index (χ4n) is 6.23. The number of pyridine rings is 1. The molecule has 4 aliphatic heterocycles. The normalized spacial score (nSPS) is 22.2. The number of rotatable bonds is 6. The van der Waals surface area contributed by atoms with E-state index in [0.717, 1.165) is 75.1 Å². The zero-order chi connectivity index (χ0) is 28.7. The number of piperidine rings is 2. The Hall–Kier alpha value is -4.39. The predicted octanol–water partition coefficient (Wildman–Crippen LogP) is 1.43.